The van der Waals surface area contributed by atoms with Gasteiger partial charge in [0.15, 0.2) is 0 Å². The minimum Gasteiger partial charge on any atom is -0.399 e. The quantitative estimate of drug-likeness (QED) is 0.832. The second kappa shape index (κ2) is 5.32. The molecule has 2 rings (SSSR count). The number of amides is 1. The molecule has 1 heterocycles. The van der Waals surface area contributed by atoms with E-state index in [2.05, 4.69) is 0 Å². The van der Waals surface area contributed by atoms with Gasteiger partial charge in [-0.2, -0.15) is 13.2 Å². The average Bonchev–Trinajstić information content (AvgIpc) is 2.78. The number of carbonyl (C=O) groups is 1. The molecule has 4 nitrogen and oxygen atoms in total. The fourth-order valence-electron chi connectivity index (χ4n) is 2.55. The third kappa shape index (κ3) is 3.04. The van der Waals surface area contributed by atoms with E-state index in [0.717, 1.165) is 12.5 Å². The predicted molar refractivity (Wildman–Crippen MR) is 68.5 cm³/mol. The molecule has 1 aliphatic rings. The van der Waals surface area contributed by atoms with Crippen LogP contribution in [0.25, 0.3) is 0 Å². The van der Waals surface area contributed by atoms with Gasteiger partial charge in [0.05, 0.1) is 11.6 Å². The first-order valence-electron chi connectivity index (χ1n) is 6.28. The summed E-state index contributed by atoms with van der Waals surface area (Å²) >= 11 is 0. The van der Waals surface area contributed by atoms with Gasteiger partial charge >= 0.3 is 6.18 Å². The highest BCUT2D eigenvalue weighted by molar-refractivity contribution is 5.80. The van der Waals surface area contributed by atoms with Crippen LogP contribution in [-0.2, 0) is 17.5 Å². The predicted octanol–water partition coefficient (Wildman–Crippen LogP) is 1.74. The standard InChI is InChI=1S/C13H16F3N3O/c14-13(15,16)10-6-9(17)4-3-8(10)7-19-5-1-2-11(19)12(18)20/h3-4,6,11H,1-2,5,7,17H2,(H2,18,20). The molecule has 0 radical (unpaired) electrons. The lowest BCUT2D eigenvalue weighted by molar-refractivity contribution is -0.138. The summed E-state index contributed by atoms with van der Waals surface area (Å²) in [5.74, 6) is -0.494. The topological polar surface area (TPSA) is 72.4 Å². The summed E-state index contributed by atoms with van der Waals surface area (Å²) in [4.78, 5) is 13.0. The van der Waals surface area contributed by atoms with E-state index in [0.29, 0.717) is 13.0 Å². The number of rotatable bonds is 3. The average molecular weight is 287 g/mol. The number of halogens is 3. The largest absolute Gasteiger partial charge is 0.416 e. The number of benzene rings is 1. The van der Waals surface area contributed by atoms with E-state index in [1.807, 2.05) is 0 Å². The Morgan fingerprint density at radius 2 is 2.10 bits per heavy atom. The first kappa shape index (κ1) is 14.6. The number of nitrogen functional groups attached to an aromatic ring is 1. The van der Waals surface area contributed by atoms with E-state index in [1.165, 1.54) is 12.1 Å². The smallest absolute Gasteiger partial charge is 0.399 e. The molecule has 0 aromatic heterocycles. The Morgan fingerprint density at radius 1 is 1.40 bits per heavy atom. The molecular formula is C13H16F3N3O. The van der Waals surface area contributed by atoms with Crippen molar-refractivity contribution in [1.29, 1.82) is 0 Å². The van der Waals surface area contributed by atoms with Crippen LogP contribution in [0.3, 0.4) is 0 Å². The number of likely N-dealkylation sites (tertiary alicyclic amines) is 1. The molecule has 110 valence electrons. The van der Waals surface area contributed by atoms with E-state index in [1.54, 1.807) is 4.90 Å². The number of alkyl halides is 3. The number of anilines is 1. The molecule has 0 bridgehead atoms. The molecule has 0 saturated carbocycles. The summed E-state index contributed by atoms with van der Waals surface area (Å²) in [6, 6.07) is 3.22. The number of nitrogens with two attached hydrogens (primary N) is 2. The lowest BCUT2D eigenvalue weighted by Crippen LogP contribution is -2.40. The first-order chi connectivity index (χ1) is 9.29. The van der Waals surface area contributed by atoms with Gasteiger partial charge in [-0.05, 0) is 37.1 Å². The van der Waals surface area contributed by atoms with Gasteiger partial charge in [0.25, 0.3) is 0 Å². The molecule has 4 N–H and O–H groups in total. The van der Waals surface area contributed by atoms with Crippen LogP contribution in [0.5, 0.6) is 0 Å². The molecule has 1 aromatic carbocycles. The molecule has 1 atom stereocenters. The van der Waals surface area contributed by atoms with Crippen molar-refractivity contribution in [3.05, 3.63) is 29.3 Å². The number of nitrogens with zero attached hydrogens (tertiary/aromatic N) is 1. The van der Waals surface area contributed by atoms with Gasteiger partial charge in [-0.25, -0.2) is 0 Å². The highest BCUT2D eigenvalue weighted by Gasteiger charge is 2.35. The fraction of sp³-hybridized carbons (Fsp3) is 0.462. The highest BCUT2D eigenvalue weighted by atomic mass is 19.4. The Balaban J connectivity index is 2.27. The second-order valence-corrected chi connectivity index (χ2v) is 4.95. The van der Waals surface area contributed by atoms with Crippen LogP contribution >= 0.6 is 0 Å². The molecule has 0 aliphatic carbocycles. The minimum absolute atomic E-state index is 0.0444. The highest BCUT2D eigenvalue weighted by Crippen LogP contribution is 2.34. The second-order valence-electron chi connectivity index (χ2n) is 4.95. The van der Waals surface area contributed by atoms with E-state index >= 15 is 0 Å². The maximum atomic E-state index is 13.0. The zero-order valence-corrected chi connectivity index (χ0v) is 10.8. The lowest BCUT2D eigenvalue weighted by atomic mass is 10.0. The van der Waals surface area contributed by atoms with Gasteiger partial charge in [-0.3, -0.25) is 9.69 Å². The van der Waals surface area contributed by atoms with Crippen molar-refractivity contribution in [1.82, 2.24) is 4.90 Å². The Kier molecular flexibility index (Phi) is 3.89. The Morgan fingerprint density at radius 3 is 2.70 bits per heavy atom. The third-order valence-electron chi connectivity index (χ3n) is 3.50. The van der Waals surface area contributed by atoms with Crippen molar-refractivity contribution in [3.63, 3.8) is 0 Å². The maximum absolute atomic E-state index is 13.0. The molecule has 1 saturated heterocycles. The van der Waals surface area contributed by atoms with E-state index < -0.39 is 23.7 Å². The van der Waals surface area contributed by atoms with Crippen LogP contribution in [-0.4, -0.2) is 23.4 Å². The fourth-order valence-corrected chi connectivity index (χ4v) is 2.55. The summed E-state index contributed by atoms with van der Waals surface area (Å²) in [7, 11) is 0. The maximum Gasteiger partial charge on any atom is 0.416 e. The van der Waals surface area contributed by atoms with E-state index in [9.17, 15) is 18.0 Å². The number of primary amides is 1. The molecule has 7 heteroatoms. The molecule has 1 amide bonds. The minimum atomic E-state index is -4.47. The summed E-state index contributed by atoms with van der Waals surface area (Å²) in [6.07, 6.45) is -3.12. The molecule has 1 unspecified atom stereocenters. The van der Waals surface area contributed by atoms with Crippen LogP contribution in [0, 0.1) is 0 Å². The van der Waals surface area contributed by atoms with Crippen molar-refractivity contribution in [2.24, 2.45) is 5.73 Å². The molecule has 1 fully saturated rings. The zero-order chi connectivity index (χ0) is 14.9. The van der Waals surface area contributed by atoms with Gasteiger partial charge in [0.2, 0.25) is 5.91 Å². The SMILES string of the molecule is NC(=O)C1CCCN1Cc1ccc(N)cc1C(F)(F)F. The van der Waals surface area contributed by atoms with Gasteiger partial charge in [-0.1, -0.05) is 6.07 Å². The lowest BCUT2D eigenvalue weighted by Gasteiger charge is -2.24. The van der Waals surface area contributed by atoms with Gasteiger partial charge in [0, 0.05) is 12.2 Å². The summed E-state index contributed by atoms with van der Waals surface area (Å²) in [5.41, 5.74) is 10.1. The van der Waals surface area contributed by atoms with Crippen LogP contribution in [0.4, 0.5) is 18.9 Å². The first-order valence-corrected chi connectivity index (χ1v) is 6.28. The molecule has 1 aliphatic heterocycles. The van der Waals surface area contributed by atoms with Crippen LogP contribution in [0.15, 0.2) is 18.2 Å². The third-order valence-corrected chi connectivity index (χ3v) is 3.50. The van der Waals surface area contributed by atoms with Gasteiger partial charge in [0.1, 0.15) is 0 Å². The molecular weight excluding hydrogens is 271 g/mol. The number of hydrogen-bond donors (Lipinski definition) is 2. The summed E-state index contributed by atoms with van der Waals surface area (Å²) in [5, 5.41) is 0. The Hall–Kier alpha value is -1.76. The van der Waals surface area contributed by atoms with Crippen LogP contribution in [0.2, 0.25) is 0 Å². The normalized spacial score (nSPS) is 20.2. The van der Waals surface area contributed by atoms with Crippen LogP contribution in [0.1, 0.15) is 24.0 Å². The van der Waals surface area contributed by atoms with Crippen molar-refractivity contribution in [2.45, 2.75) is 31.6 Å². The van der Waals surface area contributed by atoms with Crippen molar-refractivity contribution < 1.29 is 18.0 Å². The van der Waals surface area contributed by atoms with Crippen molar-refractivity contribution >= 4 is 11.6 Å². The van der Waals surface area contributed by atoms with E-state index in [-0.39, 0.29) is 17.8 Å². The summed E-state index contributed by atoms with van der Waals surface area (Å²) < 4.78 is 39.0. The van der Waals surface area contributed by atoms with Crippen LogP contribution < -0.4 is 11.5 Å². The Labute approximate surface area is 114 Å². The monoisotopic (exact) mass is 287 g/mol. The molecule has 0 spiro atoms. The molecule has 20 heavy (non-hydrogen) atoms. The van der Waals surface area contributed by atoms with Crippen molar-refractivity contribution in [2.75, 3.05) is 12.3 Å². The van der Waals surface area contributed by atoms with Crippen molar-refractivity contribution in [3.8, 4) is 0 Å². The van der Waals surface area contributed by atoms with Gasteiger partial charge in [-0.15, -0.1) is 0 Å². The number of carbonyl (C=O) groups excluding carboxylic acids is 1. The Bertz CT molecular complexity index is 516. The summed E-state index contributed by atoms with van der Waals surface area (Å²) in [6.45, 7) is 0.609. The molecule has 1 aromatic rings. The zero-order valence-electron chi connectivity index (χ0n) is 10.8. The number of hydrogen-bond acceptors (Lipinski definition) is 3. The van der Waals surface area contributed by atoms with E-state index in [4.69, 9.17) is 11.5 Å². The van der Waals surface area contributed by atoms with Gasteiger partial charge < -0.3 is 11.5 Å².